The van der Waals surface area contributed by atoms with Crippen molar-refractivity contribution in [3.63, 3.8) is 0 Å². The number of unbranched alkanes of at least 4 members (excludes halogenated alkanes) is 1. The number of carbonyl (C=O) groups is 1. The fraction of sp³-hybridized carbons (Fsp3) is 0.292. The van der Waals surface area contributed by atoms with E-state index in [-0.39, 0.29) is 6.03 Å². The van der Waals surface area contributed by atoms with Crippen LogP contribution in [-0.2, 0) is 0 Å². The van der Waals surface area contributed by atoms with Gasteiger partial charge < -0.3 is 14.6 Å². The van der Waals surface area contributed by atoms with E-state index in [0.29, 0.717) is 18.3 Å². The van der Waals surface area contributed by atoms with Crippen LogP contribution >= 0.6 is 0 Å². The Morgan fingerprint density at radius 3 is 2.55 bits per heavy atom. The summed E-state index contributed by atoms with van der Waals surface area (Å²) in [6.45, 7) is 4.67. The molecule has 1 unspecified atom stereocenters. The number of nitrogens with one attached hydrogen (secondary N) is 1. The molecule has 0 fully saturated rings. The lowest BCUT2D eigenvalue weighted by atomic mass is 9.94. The summed E-state index contributed by atoms with van der Waals surface area (Å²) in [4.78, 5) is 19.3. The smallest absolute Gasteiger partial charge is 0.322 e. The molecule has 0 aliphatic carbocycles. The van der Waals surface area contributed by atoms with E-state index >= 15 is 0 Å². The molecule has 7 heteroatoms. The molecule has 2 aromatic carbocycles. The van der Waals surface area contributed by atoms with Gasteiger partial charge in [0, 0.05) is 17.8 Å². The lowest BCUT2D eigenvalue weighted by Crippen LogP contribution is -2.46. The van der Waals surface area contributed by atoms with Crippen LogP contribution in [0.15, 0.2) is 64.8 Å². The second-order valence-electron chi connectivity index (χ2n) is 7.45. The van der Waals surface area contributed by atoms with Crippen LogP contribution in [0.5, 0.6) is 5.75 Å². The molecule has 4 rings (SSSR count). The lowest BCUT2D eigenvalue weighted by molar-refractivity contribution is 0.204. The van der Waals surface area contributed by atoms with E-state index in [0.717, 1.165) is 41.0 Å². The van der Waals surface area contributed by atoms with Crippen LogP contribution < -0.4 is 10.1 Å². The number of allylic oxidation sites excluding steroid dienone is 1. The largest absolute Gasteiger partial charge is 0.497 e. The number of methoxy groups -OCH3 is 1. The van der Waals surface area contributed by atoms with Crippen LogP contribution in [0.4, 0.5) is 4.79 Å². The normalized spacial score (nSPS) is 16.4. The number of hydrogen-bond acceptors (Lipinski definition) is 5. The number of urea groups is 1. The van der Waals surface area contributed by atoms with Crippen molar-refractivity contribution < 1.29 is 14.1 Å². The predicted octanol–water partition coefficient (Wildman–Crippen LogP) is 5.04. The van der Waals surface area contributed by atoms with Gasteiger partial charge in [0.2, 0.25) is 5.82 Å². The van der Waals surface area contributed by atoms with Gasteiger partial charge in [0.25, 0.3) is 5.89 Å². The molecule has 1 aliphatic heterocycles. The maximum absolute atomic E-state index is 12.9. The molecule has 0 spiro atoms. The topological polar surface area (TPSA) is 80.5 Å². The fourth-order valence-electron chi connectivity index (χ4n) is 3.73. The van der Waals surface area contributed by atoms with Crippen molar-refractivity contribution in [2.45, 2.75) is 32.7 Å². The maximum Gasteiger partial charge on any atom is 0.322 e. The molecule has 7 nitrogen and oxygen atoms in total. The number of aromatic nitrogens is 2. The Balaban J connectivity index is 1.78. The number of rotatable bonds is 7. The van der Waals surface area contributed by atoms with Crippen LogP contribution in [0, 0.1) is 0 Å². The minimum atomic E-state index is -0.402. The third kappa shape index (κ3) is 4.17. The van der Waals surface area contributed by atoms with E-state index in [2.05, 4.69) is 22.4 Å². The first kappa shape index (κ1) is 20.7. The summed E-state index contributed by atoms with van der Waals surface area (Å²) in [5, 5.41) is 7.30. The minimum Gasteiger partial charge on any atom is -0.497 e. The van der Waals surface area contributed by atoms with Gasteiger partial charge in [-0.25, -0.2) is 4.79 Å². The van der Waals surface area contributed by atoms with E-state index in [1.807, 2.05) is 61.5 Å². The molecule has 3 aromatic rings. The van der Waals surface area contributed by atoms with Gasteiger partial charge in [-0.2, -0.15) is 4.98 Å². The average Bonchev–Trinajstić information content (AvgIpc) is 3.29. The second-order valence-corrected chi connectivity index (χ2v) is 7.45. The van der Waals surface area contributed by atoms with E-state index in [1.54, 1.807) is 12.0 Å². The van der Waals surface area contributed by atoms with Crippen molar-refractivity contribution in [3.8, 4) is 17.1 Å². The standard InChI is InChI=1S/C24H26N4O3/c1-4-5-15-28-16(2)20(23-26-22(27-31-23)18-9-7-6-8-10-18)21(25-24(28)29)17-11-13-19(30-3)14-12-17/h6-14,21H,4-5,15H2,1-3H3,(H,25,29). The van der Waals surface area contributed by atoms with Gasteiger partial charge >= 0.3 is 6.03 Å². The highest BCUT2D eigenvalue weighted by Gasteiger charge is 2.35. The van der Waals surface area contributed by atoms with Crippen LogP contribution in [0.25, 0.3) is 17.0 Å². The van der Waals surface area contributed by atoms with Crippen molar-refractivity contribution in [1.82, 2.24) is 20.4 Å². The zero-order chi connectivity index (χ0) is 21.8. The van der Waals surface area contributed by atoms with Gasteiger partial charge in [-0.1, -0.05) is 61.0 Å². The summed E-state index contributed by atoms with van der Waals surface area (Å²) in [7, 11) is 1.63. The number of hydrogen-bond donors (Lipinski definition) is 1. The zero-order valence-electron chi connectivity index (χ0n) is 18.0. The average molecular weight is 418 g/mol. The Morgan fingerprint density at radius 2 is 1.87 bits per heavy atom. The van der Waals surface area contributed by atoms with Crippen LogP contribution in [0.2, 0.25) is 0 Å². The van der Waals surface area contributed by atoms with Gasteiger partial charge in [0.15, 0.2) is 0 Å². The summed E-state index contributed by atoms with van der Waals surface area (Å²) < 4.78 is 11.0. The molecule has 2 heterocycles. The Morgan fingerprint density at radius 1 is 1.13 bits per heavy atom. The second kappa shape index (κ2) is 9.04. The first-order valence-electron chi connectivity index (χ1n) is 10.4. The van der Waals surface area contributed by atoms with Crippen molar-refractivity contribution in [2.24, 2.45) is 0 Å². The lowest BCUT2D eigenvalue weighted by Gasteiger charge is -2.35. The summed E-state index contributed by atoms with van der Waals surface area (Å²) in [5.74, 6) is 1.67. The van der Waals surface area contributed by atoms with Gasteiger partial charge in [-0.3, -0.25) is 4.90 Å². The van der Waals surface area contributed by atoms with Crippen LogP contribution in [0.3, 0.4) is 0 Å². The molecule has 1 aromatic heterocycles. The maximum atomic E-state index is 12.9. The van der Waals surface area contributed by atoms with Crippen molar-refractivity contribution in [3.05, 3.63) is 71.7 Å². The molecular formula is C24H26N4O3. The summed E-state index contributed by atoms with van der Waals surface area (Å²) in [6.07, 6.45) is 1.90. The zero-order valence-corrected chi connectivity index (χ0v) is 18.0. The number of amides is 2. The highest BCUT2D eigenvalue weighted by Crippen LogP contribution is 2.37. The molecule has 0 bridgehead atoms. The number of carbonyl (C=O) groups excluding carboxylic acids is 1. The molecule has 1 atom stereocenters. The molecule has 0 saturated carbocycles. The third-order valence-electron chi connectivity index (χ3n) is 5.47. The number of nitrogens with zero attached hydrogens (tertiary/aromatic N) is 3. The quantitative estimate of drug-likeness (QED) is 0.581. The molecular weight excluding hydrogens is 392 g/mol. The van der Waals surface area contributed by atoms with Crippen molar-refractivity contribution in [2.75, 3.05) is 13.7 Å². The molecule has 0 saturated heterocycles. The van der Waals surface area contributed by atoms with Crippen LogP contribution in [0.1, 0.15) is 44.2 Å². The Bertz CT molecular complexity index is 1070. The van der Waals surface area contributed by atoms with E-state index in [1.165, 1.54) is 0 Å². The van der Waals surface area contributed by atoms with E-state index in [9.17, 15) is 4.79 Å². The molecule has 160 valence electrons. The first-order valence-corrected chi connectivity index (χ1v) is 10.4. The Kier molecular flexibility index (Phi) is 6.02. The molecule has 2 amide bonds. The van der Waals surface area contributed by atoms with Gasteiger partial charge in [0.1, 0.15) is 5.75 Å². The molecule has 1 N–H and O–H groups in total. The molecule has 0 radical (unpaired) electrons. The highest BCUT2D eigenvalue weighted by molar-refractivity contribution is 5.86. The number of ether oxygens (including phenoxy) is 1. The van der Waals surface area contributed by atoms with E-state index in [4.69, 9.17) is 9.26 Å². The molecule has 1 aliphatic rings. The van der Waals surface area contributed by atoms with Crippen LogP contribution in [-0.4, -0.2) is 34.7 Å². The minimum absolute atomic E-state index is 0.127. The SMILES string of the molecule is CCCCN1C(=O)NC(c2ccc(OC)cc2)C(c2nc(-c3ccccc3)no2)=C1C. The van der Waals surface area contributed by atoms with Gasteiger partial charge in [-0.15, -0.1) is 0 Å². The summed E-state index contributed by atoms with van der Waals surface area (Å²) in [6, 6.07) is 16.8. The van der Waals surface area contributed by atoms with Gasteiger partial charge in [-0.05, 0) is 31.0 Å². The van der Waals surface area contributed by atoms with E-state index < -0.39 is 6.04 Å². The Hall–Kier alpha value is -3.61. The highest BCUT2D eigenvalue weighted by atomic mass is 16.5. The Labute approximate surface area is 181 Å². The van der Waals surface area contributed by atoms with Gasteiger partial charge in [0.05, 0.1) is 18.7 Å². The number of benzene rings is 2. The predicted molar refractivity (Wildman–Crippen MR) is 118 cm³/mol. The van der Waals surface area contributed by atoms with Crippen molar-refractivity contribution >= 4 is 11.6 Å². The molecule has 31 heavy (non-hydrogen) atoms. The summed E-state index contributed by atoms with van der Waals surface area (Å²) in [5.41, 5.74) is 3.41. The summed E-state index contributed by atoms with van der Waals surface area (Å²) >= 11 is 0. The van der Waals surface area contributed by atoms with Crippen molar-refractivity contribution in [1.29, 1.82) is 0 Å². The monoisotopic (exact) mass is 418 g/mol. The third-order valence-corrected chi connectivity index (χ3v) is 5.47. The fourth-order valence-corrected chi connectivity index (χ4v) is 3.73. The first-order chi connectivity index (χ1) is 15.1.